The Bertz CT molecular complexity index is 1080. The number of rotatable bonds is 3. The summed E-state index contributed by atoms with van der Waals surface area (Å²) in [5, 5.41) is 4.56. The molecule has 116 valence electrons. The predicted molar refractivity (Wildman–Crippen MR) is 82.5 cm³/mol. The van der Waals surface area contributed by atoms with E-state index in [0.717, 1.165) is 10.9 Å². The Hall–Kier alpha value is -3.16. The first-order chi connectivity index (χ1) is 11.2. The smallest absolute Gasteiger partial charge is 0.278 e. The summed E-state index contributed by atoms with van der Waals surface area (Å²) in [5.41, 5.74) is 1.69. The molecule has 0 fully saturated rings. The average molecular weight is 311 g/mol. The highest BCUT2D eigenvalue weighted by molar-refractivity contribution is 6.04. The molecule has 1 N–H and O–H groups in total. The van der Waals surface area contributed by atoms with Gasteiger partial charge in [0.1, 0.15) is 23.3 Å². The zero-order valence-electron chi connectivity index (χ0n) is 12.5. The van der Waals surface area contributed by atoms with Crippen molar-refractivity contribution in [3.63, 3.8) is 0 Å². The van der Waals surface area contributed by atoms with Gasteiger partial charge in [0, 0.05) is 10.9 Å². The van der Waals surface area contributed by atoms with E-state index in [1.54, 1.807) is 14.0 Å². The van der Waals surface area contributed by atoms with E-state index in [0.29, 0.717) is 28.5 Å². The Labute approximate surface area is 129 Å². The summed E-state index contributed by atoms with van der Waals surface area (Å²) in [7, 11) is 1.60. The van der Waals surface area contributed by atoms with Crippen LogP contribution in [0.1, 0.15) is 11.7 Å². The molecule has 0 unspecified atom stereocenters. The first kappa shape index (κ1) is 13.5. The maximum atomic E-state index is 12.6. The third kappa shape index (κ3) is 2.15. The van der Waals surface area contributed by atoms with Crippen molar-refractivity contribution in [2.24, 2.45) is 0 Å². The maximum absolute atomic E-state index is 12.6. The molecule has 0 aliphatic rings. The number of hydrogen-bond acceptors (Lipinski definition) is 6. The number of fused-ring (bicyclic) bond motifs is 3. The Kier molecular flexibility index (Phi) is 2.90. The van der Waals surface area contributed by atoms with Crippen molar-refractivity contribution in [1.82, 2.24) is 24.7 Å². The lowest BCUT2D eigenvalue weighted by atomic mass is 10.2. The van der Waals surface area contributed by atoms with Gasteiger partial charge in [-0.25, -0.2) is 4.98 Å². The molecule has 0 spiro atoms. The zero-order valence-corrected chi connectivity index (χ0v) is 12.5. The van der Waals surface area contributed by atoms with Gasteiger partial charge >= 0.3 is 0 Å². The highest BCUT2D eigenvalue weighted by atomic mass is 16.5. The fourth-order valence-electron chi connectivity index (χ4n) is 2.56. The van der Waals surface area contributed by atoms with Crippen LogP contribution in [-0.2, 0) is 6.54 Å². The molecule has 23 heavy (non-hydrogen) atoms. The molecule has 4 aromatic rings. The molecule has 0 aliphatic heterocycles. The monoisotopic (exact) mass is 311 g/mol. The standard InChI is InChI=1S/C15H13N5O3/c1-8-17-12(23-19-8)6-20-7-16-13-10-5-9(22-2)3-4-11(10)18-14(13)15(20)21/h3-5,7,18H,6H2,1-2H3. The summed E-state index contributed by atoms with van der Waals surface area (Å²) < 4.78 is 11.7. The SMILES string of the molecule is COc1ccc2[nH]c3c(=O)n(Cc4nc(C)no4)cnc3c2c1. The van der Waals surface area contributed by atoms with Gasteiger partial charge in [0.05, 0.1) is 13.4 Å². The topological polar surface area (TPSA) is 98.8 Å². The molecule has 0 radical (unpaired) electrons. The second kappa shape index (κ2) is 4.94. The van der Waals surface area contributed by atoms with Crippen molar-refractivity contribution >= 4 is 21.9 Å². The first-order valence-electron chi connectivity index (χ1n) is 7.00. The number of ether oxygens (including phenoxy) is 1. The van der Waals surface area contributed by atoms with Gasteiger partial charge in [0.25, 0.3) is 5.56 Å². The van der Waals surface area contributed by atoms with Crippen LogP contribution in [0.25, 0.3) is 21.9 Å². The van der Waals surface area contributed by atoms with Crippen LogP contribution >= 0.6 is 0 Å². The first-order valence-corrected chi connectivity index (χ1v) is 7.00. The number of aromatic nitrogens is 5. The number of aryl methyl sites for hydroxylation is 1. The van der Waals surface area contributed by atoms with Gasteiger partial charge in [0.2, 0.25) is 5.89 Å². The van der Waals surface area contributed by atoms with Gasteiger partial charge in [-0.15, -0.1) is 0 Å². The normalized spacial score (nSPS) is 11.4. The average Bonchev–Trinajstić information content (AvgIpc) is 3.13. The van der Waals surface area contributed by atoms with Crippen molar-refractivity contribution in [2.45, 2.75) is 13.5 Å². The van der Waals surface area contributed by atoms with Crippen LogP contribution < -0.4 is 10.3 Å². The molecule has 1 aromatic carbocycles. The number of hydrogen-bond donors (Lipinski definition) is 1. The largest absolute Gasteiger partial charge is 0.497 e. The van der Waals surface area contributed by atoms with Gasteiger partial charge in [-0.05, 0) is 25.1 Å². The number of nitrogens with zero attached hydrogens (tertiary/aromatic N) is 4. The van der Waals surface area contributed by atoms with Crippen LogP contribution in [0.3, 0.4) is 0 Å². The van der Waals surface area contributed by atoms with Gasteiger partial charge in [-0.2, -0.15) is 4.98 Å². The summed E-state index contributed by atoms with van der Waals surface area (Å²) in [6.45, 7) is 1.91. The lowest BCUT2D eigenvalue weighted by Gasteiger charge is -2.01. The lowest BCUT2D eigenvalue weighted by Crippen LogP contribution is -2.21. The van der Waals surface area contributed by atoms with Gasteiger partial charge in [0.15, 0.2) is 5.82 Å². The number of benzene rings is 1. The van der Waals surface area contributed by atoms with Crippen molar-refractivity contribution < 1.29 is 9.26 Å². The summed E-state index contributed by atoms with van der Waals surface area (Å²) in [6, 6.07) is 5.55. The molecule has 0 amide bonds. The van der Waals surface area contributed by atoms with E-state index in [1.165, 1.54) is 10.9 Å². The molecule has 3 heterocycles. The summed E-state index contributed by atoms with van der Waals surface area (Å²) in [6.07, 6.45) is 1.48. The molecule has 0 saturated heterocycles. The predicted octanol–water partition coefficient (Wildman–Crippen LogP) is 1.63. The lowest BCUT2D eigenvalue weighted by molar-refractivity contribution is 0.366. The Balaban J connectivity index is 1.87. The highest BCUT2D eigenvalue weighted by Crippen LogP contribution is 2.25. The van der Waals surface area contributed by atoms with E-state index in [-0.39, 0.29) is 12.1 Å². The molecule has 0 atom stereocenters. The highest BCUT2D eigenvalue weighted by Gasteiger charge is 2.13. The van der Waals surface area contributed by atoms with Gasteiger partial charge in [-0.1, -0.05) is 5.16 Å². The van der Waals surface area contributed by atoms with E-state index >= 15 is 0 Å². The van der Waals surface area contributed by atoms with E-state index in [9.17, 15) is 4.79 Å². The number of methoxy groups -OCH3 is 1. The molecule has 0 bridgehead atoms. The van der Waals surface area contributed by atoms with Crippen molar-refractivity contribution in [1.29, 1.82) is 0 Å². The molecule has 8 nitrogen and oxygen atoms in total. The van der Waals surface area contributed by atoms with Crippen molar-refractivity contribution in [3.8, 4) is 5.75 Å². The number of H-pyrrole nitrogens is 1. The Morgan fingerprint density at radius 2 is 2.26 bits per heavy atom. The summed E-state index contributed by atoms with van der Waals surface area (Å²) >= 11 is 0. The number of nitrogens with one attached hydrogen (secondary N) is 1. The van der Waals surface area contributed by atoms with E-state index in [1.807, 2.05) is 18.2 Å². The third-order valence-electron chi connectivity index (χ3n) is 3.65. The second-order valence-corrected chi connectivity index (χ2v) is 5.17. The van der Waals surface area contributed by atoms with Crippen LogP contribution in [0.15, 0.2) is 33.8 Å². The third-order valence-corrected chi connectivity index (χ3v) is 3.65. The van der Waals surface area contributed by atoms with Gasteiger partial charge in [-0.3, -0.25) is 9.36 Å². The second-order valence-electron chi connectivity index (χ2n) is 5.17. The molecule has 8 heteroatoms. The molecule has 0 aliphatic carbocycles. The van der Waals surface area contributed by atoms with E-state index < -0.39 is 0 Å². The quantitative estimate of drug-likeness (QED) is 0.617. The van der Waals surface area contributed by atoms with Crippen molar-refractivity contribution in [2.75, 3.05) is 7.11 Å². The minimum Gasteiger partial charge on any atom is -0.497 e. The number of aromatic amines is 1. The van der Waals surface area contributed by atoms with Crippen LogP contribution in [0.5, 0.6) is 5.75 Å². The fraction of sp³-hybridized carbons (Fsp3) is 0.200. The minimum atomic E-state index is -0.194. The Morgan fingerprint density at radius 3 is 3.00 bits per heavy atom. The van der Waals surface area contributed by atoms with Gasteiger partial charge < -0.3 is 14.2 Å². The molecular weight excluding hydrogens is 298 g/mol. The van der Waals surface area contributed by atoms with Crippen LogP contribution in [-0.4, -0.2) is 31.8 Å². The van der Waals surface area contributed by atoms with Crippen LogP contribution in [0.2, 0.25) is 0 Å². The Morgan fingerprint density at radius 1 is 1.39 bits per heavy atom. The summed E-state index contributed by atoms with van der Waals surface area (Å²) in [5.74, 6) is 1.61. The zero-order chi connectivity index (χ0) is 16.0. The molecule has 3 aromatic heterocycles. The van der Waals surface area contributed by atoms with E-state index in [2.05, 4.69) is 20.1 Å². The fourth-order valence-corrected chi connectivity index (χ4v) is 2.56. The van der Waals surface area contributed by atoms with E-state index in [4.69, 9.17) is 9.26 Å². The minimum absolute atomic E-state index is 0.182. The summed E-state index contributed by atoms with van der Waals surface area (Å²) in [4.78, 5) is 24.2. The molecule has 4 rings (SSSR count). The molecular formula is C15H13N5O3. The van der Waals surface area contributed by atoms with Crippen LogP contribution in [0.4, 0.5) is 0 Å². The molecule has 0 saturated carbocycles. The van der Waals surface area contributed by atoms with Crippen LogP contribution in [0, 0.1) is 6.92 Å². The van der Waals surface area contributed by atoms with Crippen molar-refractivity contribution in [3.05, 3.63) is 46.6 Å². The maximum Gasteiger partial charge on any atom is 0.278 e.